The van der Waals surface area contributed by atoms with E-state index < -0.39 is 0 Å². The number of aromatic nitrogens is 2. The van der Waals surface area contributed by atoms with Gasteiger partial charge < -0.3 is 19.4 Å². The maximum atomic E-state index is 12.5. The van der Waals surface area contributed by atoms with E-state index in [2.05, 4.69) is 28.9 Å². The standard InChI is InChI=1S/C28H31N3O3/c1-21-9-3-6-12-26(21)34-20-8-7-19-31-25-11-5-4-10-24(25)30-27(31)17-18-29-28(32)22-13-15-23(33-2)16-14-22/h3-6,9-16H,7-8,17-20H2,1-2H3,(H,29,32). The first-order chi connectivity index (χ1) is 16.7. The van der Waals surface area contributed by atoms with Gasteiger partial charge in [0.1, 0.15) is 17.3 Å². The zero-order valence-electron chi connectivity index (χ0n) is 19.8. The van der Waals surface area contributed by atoms with Gasteiger partial charge in [0.2, 0.25) is 0 Å². The summed E-state index contributed by atoms with van der Waals surface area (Å²) < 4.78 is 13.4. The van der Waals surface area contributed by atoms with Crippen LogP contribution in [0.25, 0.3) is 11.0 Å². The van der Waals surface area contributed by atoms with Gasteiger partial charge in [-0.2, -0.15) is 0 Å². The number of hydrogen-bond acceptors (Lipinski definition) is 4. The van der Waals surface area contributed by atoms with Gasteiger partial charge in [-0.05, 0) is 67.8 Å². The van der Waals surface area contributed by atoms with Gasteiger partial charge in [-0.25, -0.2) is 4.98 Å². The number of carbonyl (C=O) groups is 1. The highest BCUT2D eigenvalue weighted by molar-refractivity contribution is 5.94. The molecule has 0 bridgehead atoms. The Bertz CT molecular complexity index is 1230. The van der Waals surface area contributed by atoms with Crippen molar-refractivity contribution in [3.63, 3.8) is 0 Å². The molecular weight excluding hydrogens is 426 g/mol. The number of aryl methyl sites for hydroxylation is 2. The number of amides is 1. The number of rotatable bonds is 11. The van der Waals surface area contributed by atoms with Crippen LogP contribution >= 0.6 is 0 Å². The number of ether oxygens (including phenoxy) is 2. The lowest BCUT2D eigenvalue weighted by Crippen LogP contribution is -2.26. The van der Waals surface area contributed by atoms with Crippen molar-refractivity contribution in [3.8, 4) is 11.5 Å². The van der Waals surface area contributed by atoms with Crippen LogP contribution in [0.3, 0.4) is 0 Å². The van der Waals surface area contributed by atoms with Crippen LogP contribution in [0, 0.1) is 6.92 Å². The summed E-state index contributed by atoms with van der Waals surface area (Å²) in [7, 11) is 1.61. The SMILES string of the molecule is COc1ccc(C(=O)NCCc2nc3ccccc3n2CCCCOc2ccccc2C)cc1. The summed E-state index contributed by atoms with van der Waals surface area (Å²) in [5.74, 6) is 2.56. The maximum Gasteiger partial charge on any atom is 0.251 e. The highest BCUT2D eigenvalue weighted by Crippen LogP contribution is 2.19. The molecule has 0 aliphatic carbocycles. The van der Waals surface area contributed by atoms with E-state index in [-0.39, 0.29) is 5.91 Å². The normalized spacial score (nSPS) is 10.9. The minimum atomic E-state index is -0.0985. The molecule has 1 aromatic heterocycles. The number of unbranched alkanes of at least 4 members (excludes halogenated alkanes) is 1. The summed E-state index contributed by atoms with van der Waals surface area (Å²) in [6.45, 7) is 4.13. The molecule has 0 saturated carbocycles. The van der Waals surface area contributed by atoms with E-state index in [0.717, 1.165) is 53.3 Å². The van der Waals surface area contributed by atoms with Crippen LogP contribution in [-0.2, 0) is 13.0 Å². The predicted octanol–water partition coefficient (Wildman–Crippen LogP) is 5.19. The van der Waals surface area contributed by atoms with E-state index in [1.54, 1.807) is 31.4 Å². The largest absolute Gasteiger partial charge is 0.497 e. The van der Waals surface area contributed by atoms with E-state index >= 15 is 0 Å². The second kappa shape index (κ2) is 11.4. The van der Waals surface area contributed by atoms with Crippen molar-refractivity contribution >= 4 is 16.9 Å². The summed E-state index contributed by atoms with van der Waals surface area (Å²) in [5, 5.41) is 3.00. The van der Waals surface area contributed by atoms with E-state index in [0.29, 0.717) is 25.1 Å². The van der Waals surface area contributed by atoms with Crippen molar-refractivity contribution in [1.82, 2.24) is 14.9 Å². The number of carbonyl (C=O) groups excluding carboxylic acids is 1. The smallest absolute Gasteiger partial charge is 0.251 e. The van der Waals surface area contributed by atoms with Crippen LogP contribution in [0.4, 0.5) is 0 Å². The van der Waals surface area contributed by atoms with Crippen molar-refractivity contribution in [2.75, 3.05) is 20.3 Å². The van der Waals surface area contributed by atoms with Crippen LogP contribution in [0.2, 0.25) is 0 Å². The molecule has 0 fully saturated rings. The van der Waals surface area contributed by atoms with Crippen LogP contribution in [0.1, 0.15) is 34.6 Å². The average Bonchev–Trinajstić information content (AvgIpc) is 3.22. The van der Waals surface area contributed by atoms with Gasteiger partial charge in [0.25, 0.3) is 5.91 Å². The van der Waals surface area contributed by atoms with Gasteiger partial charge in [0.15, 0.2) is 0 Å². The molecular formula is C28H31N3O3. The van der Waals surface area contributed by atoms with Crippen LogP contribution in [0.15, 0.2) is 72.8 Å². The fraction of sp³-hybridized carbons (Fsp3) is 0.286. The highest BCUT2D eigenvalue weighted by atomic mass is 16.5. The molecule has 3 aromatic carbocycles. The minimum Gasteiger partial charge on any atom is -0.497 e. The second-order valence-electron chi connectivity index (χ2n) is 8.22. The van der Waals surface area contributed by atoms with Gasteiger partial charge in [-0.3, -0.25) is 4.79 Å². The summed E-state index contributed by atoms with van der Waals surface area (Å²) in [4.78, 5) is 17.3. The zero-order valence-corrected chi connectivity index (χ0v) is 19.8. The Balaban J connectivity index is 1.33. The Morgan fingerprint density at radius 1 is 0.971 bits per heavy atom. The van der Waals surface area contributed by atoms with Crippen molar-refractivity contribution < 1.29 is 14.3 Å². The Morgan fingerprint density at radius 2 is 1.74 bits per heavy atom. The molecule has 34 heavy (non-hydrogen) atoms. The van der Waals surface area contributed by atoms with Gasteiger partial charge in [0.05, 0.1) is 24.8 Å². The Hall–Kier alpha value is -3.80. The minimum absolute atomic E-state index is 0.0985. The van der Waals surface area contributed by atoms with E-state index in [1.165, 1.54) is 0 Å². The fourth-order valence-electron chi connectivity index (χ4n) is 3.97. The number of nitrogens with zero attached hydrogens (tertiary/aromatic N) is 2. The number of methoxy groups -OCH3 is 1. The van der Waals surface area contributed by atoms with Crippen LogP contribution in [0.5, 0.6) is 11.5 Å². The molecule has 6 nitrogen and oxygen atoms in total. The molecule has 1 N–H and O–H groups in total. The number of fused-ring (bicyclic) bond motifs is 1. The number of benzene rings is 3. The van der Waals surface area contributed by atoms with Gasteiger partial charge in [-0.1, -0.05) is 30.3 Å². The summed E-state index contributed by atoms with van der Waals surface area (Å²) in [6, 6.07) is 23.4. The number of hydrogen-bond donors (Lipinski definition) is 1. The Labute approximate surface area is 200 Å². The first kappa shape index (κ1) is 23.4. The lowest BCUT2D eigenvalue weighted by Gasteiger charge is -2.11. The molecule has 0 aliphatic heterocycles. The number of para-hydroxylation sites is 3. The van der Waals surface area contributed by atoms with Crippen LogP contribution in [-0.4, -0.2) is 35.7 Å². The van der Waals surface area contributed by atoms with Crippen molar-refractivity contribution in [1.29, 1.82) is 0 Å². The maximum absolute atomic E-state index is 12.5. The third kappa shape index (κ3) is 5.76. The lowest BCUT2D eigenvalue weighted by molar-refractivity contribution is 0.0954. The van der Waals surface area contributed by atoms with E-state index in [9.17, 15) is 4.79 Å². The topological polar surface area (TPSA) is 65.4 Å². The first-order valence-corrected chi connectivity index (χ1v) is 11.7. The Kier molecular flexibility index (Phi) is 7.81. The summed E-state index contributed by atoms with van der Waals surface area (Å²) in [6.07, 6.45) is 2.60. The molecule has 6 heteroatoms. The third-order valence-corrected chi connectivity index (χ3v) is 5.85. The molecule has 0 aliphatic rings. The monoisotopic (exact) mass is 457 g/mol. The van der Waals surface area contributed by atoms with Gasteiger partial charge >= 0.3 is 0 Å². The van der Waals surface area contributed by atoms with E-state index in [1.807, 2.05) is 36.4 Å². The number of imidazole rings is 1. The molecule has 0 saturated heterocycles. The zero-order chi connectivity index (χ0) is 23.8. The quantitative estimate of drug-likeness (QED) is 0.315. The molecule has 0 radical (unpaired) electrons. The number of nitrogens with one attached hydrogen (secondary N) is 1. The van der Waals surface area contributed by atoms with Crippen molar-refractivity contribution in [2.24, 2.45) is 0 Å². The van der Waals surface area contributed by atoms with Crippen molar-refractivity contribution in [3.05, 3.63) is 89.7 Å². The third-order valence-electron chi connectivity index (χ3n) is 5.85. The molecule has 0 unspecified atom stereocenters. The molecule has 4 aromatic rings. The first-order valence-electron chi connectivity index (χ1n) is 11.7. The predicted molar refractivity (Wildman–Crippen MR) is 135 cm³/mol. The molecule has 1 amide bonds. The van der Waals surface area contributed by atoms with Crippen LogP contribution < -0.4 is 14.8 Å². The molecule has 1 heterocycles. The summed E-state index contributed by atoms with van der Waals surface area (Å²) in [5.41, 5.74) is 3.87. The second-order valence-corrected chi connectivity index (χ2v) is 8.22. The molecule has 176 valence electrons. The molecule has 0 atom stereocenters. The average molecular weight is 458 g/mol. The van der Waals surface area contributed by atoms with E-state index in [4.69, 9.17) is 14.5 Å². The fourth-order valence-corrected chi connectivity index (χ4v) is 3.97. The highest BCUT2D eigenvalue weighted by Gasteiger charge is 2.11. The molecule has 0 spiro atoms. The van der Waals surface area contributed by atoms with Crippen molar-refractivity contribution in [2.45, 2.75) is 32.7 Å². The van der Waals surface area contributed by atoms with Gasteiger partial charge in [0, 0.05) is 25.1 Å². The molecule has 4 rings (SSSR count). The van der Waals surface area contributed by atoms with Gasteiger partial charge in [-0.15, -0.1) is 0 Å². The summed E-state index contributed by atoms with van der Waals surface area (Å²) >= 11 is 0. The Morgan fingerprint density at radius 3 is 2.53 bits per heavy atom. The lowest BCUT2D eigenvalue weighted by atomic mass is 10.2.